The van der Waals surface area contributed by atoms with Gasteiger partial charge in [0.25, 0.3) is 5.91 Å². The lowest BCUT2D eigenvalue weighted by Gasteiger charge is -2.17. The highest BCUT2D eigenvalue weighted by Gasteiger charge is 2.32. The van der Waals surface area contributed by atoms with Crippen LogP contribution < -0.4 is 15.4 Å². The number of aryl methyl sites for hydroxylation is 1. The molecule has 9 heteroatoms. The van der Waals surface area contributed by atoms with Gasteiger partial charge in [0.1, 0.15) is 5.82 Å². The number of amides is 1. The van der Waals surface area contributed by atoms with E-state index in [0.29, 0.717) is 22.5 Å². The number of rotatable bonds is 5. The molecule has 0 saturated heterocycles. The quantitative estimate of drug-likeness (QED) is 0.495. The summed E-state index contributed by atoms with van der Waals surface area (Å²) in [7, 11) is 1.42. The summed E-state index contributed by atoms with van der Waals surface area (Å²) in [6.07, 6.45) is -3.22. The number of alkyl halides is 3. The first kappa shape index (κ1) is 22.1. The van der Waals surface area contributed by atoms with Gasteiger partial charge in [0, 0.05) is 17.4 Å². The number of nitrogens with zero attached hydrogens (tertiary/aromatic N) is 1. The summed E-state index contributed by atoms with van der Waals surface area (Å²) >= 11 is 0. The van der Waals surface area contributed by atoms with Gasteiger partial charge < -0.3 is 15.4 Å². The zero-order valence-corrected chi connectivity index (χ0v) is 16.9. The van der Waals surface area contributed by atoms with Gasteiger partial charge in [-0.15, -0.1) is 0 Å². The Morgan fingerprint density at radius 2 is 1.71 bits per heavy atom. The molecule has 0 aliphatic carbocycles. The molecule has 5 nitrogen and oxygen atoms in total. The number of nitrogens with one attached hydrogen (secondary N) is 2. The van der Waals surface area contributed by atoms with Gasteiger partial charge in [0.05, 0.1) is 29.6 Å². The number of anilines is 3. The second-order valence-corrected chi connectivity index (χ2v) is 6.79. The van der Waals surface area contributed by atoms with Crippen molar-refractivity contribution in [3.05, 3.63) is 76.7 Å². The number of hydrogen-bond donors (Lipinski definition) is 2. The third-order valence-electron chi connectivity index (χ3n) is 4.65. The third kappa shape index (κ3) is 4.93. The fraction of sp³-hybridized carbons (Fsp3) is 0.182. The molecule has 0 radical (unpaired) electrons. The molecule has 0 saturated carbocycles. The summed E-state index contributed by atoms with van der Waals surface area (Å²) in [5, 5.41) is 5.52. The van der Waals surface area contributed by atoms with Crippen molar-refractivity contribution in [3.63, 3.8) is 0 Å². The highest BCUT2D eigenvalue weighted by molar-refractivity contribution is 6.09. The first-order valence-electron chi connectivity index (χ1n) is 9.15. The van der Waals surface area contributed by atoms with Crippen LogP contribution in [-0.4, -0.2) is 18.0 Å². The summed E-state index contributed by atoms with van der Waals surface area (Å²) in [5.41, 5.74) is 0.793. The second kappa shape index (κ2) is 8.63. The van der Waals surface area contributed by atoms with E-state index in [9.17, 15) is 22.4 Å². The van der Waals surface area contributed by atoms with E-state index in [0.717, 1.165) is 12.1 Å². The summed E-state index contributed by atoms with van der Waals surface area (Å²) in [4.78, 5) is 17.0. The molecule has 3 rings (SSSR count). The molecule has 1 amide bonds. The van der Waals surface area contributed by atoms with Gasteiger partial charge in [0.15, 0.2) is 0 Å². The van der Waals surface area contributed by atoms with Crippen molar-refractivity contribution in [1.82, 2.24) is 4.98 Å². The Balaban J connectivity index is 2.02. The SMILES string of the molecule is COc1nccc(NC(=O)c2cc(C(F)(F)F)ccc2Nc2ccc(F)cc2C)c1C. The molecule has 3 aromatic rings. The average Bonchev–Trinajstić information content (AvgIpc) is 2.71. The van der Waals surface area contributed by atoms with E-state index in [1.54, 1.807) is 13.8 Å². The van der Waals surface area contributed by atoms with Crippen LogP contribution in [0.15, 0.2) is 48.7 Å². The minimum absolute atomic E-state index is 0.138. The van der Waals surface area contributed by atoms with Gasteiger partial charge in [-0.2, -0.15) is 13.2 Å². The molecule has 1 aromatic heterocycles. The van der Waals surface area contributed by atoms with Crippen LogP contribution in [0.3, 0.4) is 0 Å². The normalized spacial score (nSPS) is 11.2. The van der Waals surface area contributed by atoms with E-state index in [-0.39, 0.29) is 17.1 Å². The predicted octanol–water partition coefficient (Wildman–Crippen LogP) is 5.86. The van der Waals surface area contributed by atoms with Crippen molar-refractivity contribution in [2.45, 2.75) is 20.0 Å². The van der Waals surface area contributed by atoms with Gasteiger partial charge >= 0.3 is 6.18 Å². The first-order chi connectivity index (χ1) is 14.6. The number of benzene rings is 2. The Labute approximate surface area is 176 Å². The summed E-state index contributed by atoms with van der Waals surface area (Å²) in [6.45, 7) is 3.30. The Morgan fingerprint density at radius 1 is 1.00 bits per heavy atom. The predicted molar refractivity (Wildman–Crippen MR) is 109 cm³/mol. The molecule has 0 bridgehead atoms. The number of carbonyl (C=O) groups is 1. The van der Waals surface area contributed by atoms with Crippen LogP contribution in [0.5, 0.6) is 5.88 Å². The largest absolute Gasteiger partial charge is 0.481 e. The first-order valence-corrected chi connectivity index (χ1v) is 9.15. The van der Waals surface area contributed by atoms with E-state index in [1.165, 1.54) is 43.6 Å². The lowest BCUT2D eigenvalue weighted by atomic mass is 10.1. The van der Waals surface area contributed by atoms with E-state index in [1.807, 2.05) is 0 Å². The van der Waals surface area contributed by atoms with Crippen molar-refractivity contribution in [3.8, 4) is 5.88 Å². The second-order valence-electron chi connectivity index (χ2n) is 6.79. The maximum Gasteiger partial charge on any atom is 0.416 e. The fourth-order valence-electron chi connectivity index (χ4n) is 2.98. The topological polar surface area (TPSA) is 63.2 Å². The summed E-state index contributed by atoms with van der Waals surface area (Å²) in [6, 6.07) is 8.26. The standard InChI is InChI=1S/C22H19F4N3O2/c1-12-10-15(23)5-7-17(12)28-19-6-4-14(22(24,25)26)11-16(19)20(30)29-18-8-9-27-21(31-3)13(18)2/h4-11,28H,1-3H3,(H,27,29,30). The van der Waals surface area contributed by atoms with Crippen LogP contribution in [0.25, 0.3) is 0 Å². The van der Waals surface area contributed by atoms with Gasteiger partial charge in [-0.25, -0.2) is 9.37 Å². The van der Waals surface area contributed by atoms with Crippen molar-refractivity contribution in [2.75, 3.05) is 17.7 Å². The van der Waals surface area contributed by atoms with Crippen LogP contribution in [0.4, 0.5) is 34.6 Å². The van der Waals surface area contributed by atoms with Gasteiger partial charge in [-0.1, -0.05) is 0 Å². The molecule has 0 aliphatic heterocycles. The Bertz CT molecular complexity index is 1130. The van der Waals surface area contributed by atoms with Gasteiger partial charge in [-0.3, -0.25) is 4.79 Å². The van der Waals surface area contributed by atoms with E-state index < -0.39 is 23.5 Å². The molecule has 162 valence electrons. The maximum atomic E-state index is 13.4. The van der Waals surface area contributed by atoms with Crippen molar-refractivity contribution in [2.24, 2.45) is 0 Å². The molecular weight excluding hydrogens is 414 g/mol. The third-order valence-corrected chi connectivity index (χ3v) is 4.65. The minimum Gasteiger partial charge on any atom is -0.481 e. The molecule has 1 heterocycles. The molecule has 2 aromatic carbocycles. The number of carbonyl (C=O) groups excluding carboxylic acids is 1. The van der Waals surface area contributed by atoms with Crippen molar-refractivity contribution in [1.29, 1.82) is 0 Å². The van der Waals surface area contributed by atoms with Gasteiger partial charge in [-0.05, 0) is 61.9 Å². The highest BCUT2D eigenvalue weighted by Crippen LogP contribution is 2.34. The molecule has 31 heavy (non-hydrogen) atoms. The smallest absolute Gasteiger partial charge is 0.416 e. The number of methoxy groups -OCH3 is 1. The molecule has 0 fully saturated rings. The van der Waals surface area contributed by atoms with E-state index in [4.69, 9.17) is 4.74 Å². The zero-order valence-electron chi connectivity index (χ0n) is 16.9. The maximum absolute atomic E-state index is 13.4. The number of hydrogen-bond acceptors (Lipinski definition) is 4. The number of ether oxygens (including phenoxy) is 1. The molecular formula is C22H19F4N3O2. The summed E-state index contributed by atoms with van der Waals surface area (Å²) in [5.74, 6) is -0.928. The molecule has 0 unspecified atom stereocenters. The number of halogens is 4. The monoisotopic (exact) mass is 433 g/mol. The fourth-order valence-corrected chi connectivity index (χ4v) is 2.98. The van der Waals surface area contributed by atoms with Crippen LogP contribution in [0, 0.1) is 19.7 Å². The van der Waals surface area contributed by atoms with E-state index >= 15 is 0 Å². The highest BCUT2D eigenvalue weighted by atomic mass is 19.4. The Kier molecular flexibility index (Phi) is 6.14. The van der Waals surface area contributed by atoms with Crippen LogP contribution >= 0.6 is 0 Å². The lowest BCUT2D eigenvalue weighted by Crippen LogP contribution is -2.17. The van der Waals surface area contributed by atoms with Crippen LogP contribution in [0.1, 0.15) is 27.0 Å². The van der Waals surface area contributed by atoms with E-state index in [2.05, 4.69) is 15.6 Å². The van der Waals surface area contributed by atoms with Crippen LogP contribution in [-0.2, 0) is 6.18 Å². The Morgan fingerprint density at radius 3 is 2.35 bits per heavy atom. The van der Waals surface area contributed by atoms with Crippen molar-refractivity contribution >= 4 is 23.0 Å². The van der Waals surface area contributed by atoms with Gasteiger partial charge in [0.2, 0.25) is 5.88 Å². The van der Waals surface area contributed by atoms with Crippen LogP contribution in [0.2, 0.25) is 0 Å². The number of pyridine rings is 1. The zero-order chi connectivity index (χ0) is 22.8. The van der Waals surface area contributed by atoms with Crippen molar-refractivity contribution < 1.29 is 27.1 Å². The average molecular weight is 433 g/mol. The Hall–Kier alpha value is -3.62. The molecule has 2 N–H and O–H groups in total. The number of aromatic nitrogens is 1. The minimum atomic E-state index is -4.63. The molecule has 0 aliphatic rings. The molecule has 0 spiro atoms. The lowest BCUT2D eigenvalue weighted by molar-refractivity contribution is -0.137. The molecule has 0 atom stereocenters. The summed E-state index contributed by atoms with van der Waals surface area (Å²) < 4.78 is 58.3.